The molecule has 0 spiro atoms. The summed E-state index contributed by atoms with van der Waals surface area (Å²) in [6, 6.07) is 8.79. The fourth-order valence-corrected chi connectivity index (χ4v) is 3.54. The topological polar surface area (TPSA) is 27.7 Å². The Morgan fingerprint density at radius 3 is 2.69 bits per heavy atom. The van der Waals surface area contributed by atoms with E-state index in [0.29, 0.717) is 18.3 Å². The highest BCUT2D eigenvalue weighted by atomic mass is 16.5. The fourth-order valence-electron chi connectivity index (χ4n) is 3.54. The molecule has 3 nitrogen and oxygen atoms in total. The van der Waals surface area contributed by atoms with E-state index in [0.717, 1.165) is 58.0 Å². The van der Waals surface area contributed by atoms with Crippen LogP contribution in [0, 0.1) is 0 Å². The van der Waals surface area contributed by atoms with E-state index < -0.39 is 0 Å². The summed E-state index contributed by atoms with van der Waals surface area (Å²) in [6.45, 7) is 7.37. The van der Waals surface area contributed by atoms with Gasteiger partial charge in [-0.1, -0.05) is 44.2 Å². The van der Waals surface area contributed by atoms with Gasteiger partial charge in [-0.2, -0.15) is 0 Å². The second kappa shape index (κ2) is 11.5. The predicted octanol–water partition coefficient (Wildman–Crippen LogP) is 5.42. The molecule has 1 aromatic carbocycles. The van der Waals surface area contributed by atoms with Crippen LogP contribution in [0.5, 0.6) is 0 Å². The first-order chi connectivity index (χ1) is 12.7. The molecule has 0 radical (unpaired) electrons. The standard InChI is InChI=1S/C23H36O3/c1-5-8-21(26-23-16-22(17-23)25-4)13-12-18(2)20-11-6-9-19(15-20)10-7-14-24-3/h6,9,11,15,21-23H,2,5,7-8,10,12-14,16-17H2,1,3-4H3. The Balaban J connectivity index is 1.80. The molecule has 0 amide bonds. The number of hydrogen-bond donors (Lipinski definition) is 0. The van der Waals surface area contributed by atoms with Gasteiger partial charge in [0.15, 0.2) is 0 Å². The van der Waals surface area contributed by atoms with Crippen LogP contribution >= 0.6 is 0 Å². The van der Waals surface area contributed by atoms with Crippen molar-refractivity contribution in [3.63, 3.8) is 0 Å². The van der Waals surface area contributed by atoms with Crippen LogP contribution in [0.2, 0.25) is 0 Å². The average Bonchev–Trinajstić information content (AvgIpc) is 2.62. The molecule has 0 aromatic heterocycles. The van der Waals surface area contributed by atoms with Crippen molar-refractivity contribution in [2.24, 2.45) is 0 Å². The molecule has 1 aliphatic carbocycles. The van der Waals surface area contributed by atoms with E-state index in [-0.39, 0.29) is 0 Å². The molecule has 1 aliphatic rings. The summed E-state index contributed by atoms with van der Waals surface area (Å²) in [5.41, 5.74) is 3.84. The molecule has 146 valence electrons. The summed E-state index contributed by atoms with van der Waals surface area (Å²) < 4.78 is 16.8. The molecule has 1 saturated carbocycles. The normalized spacial score (nSPS) is 20.6. The zero-order valence-corrected chi connectivity index (χ0v) is 16.8. The zero-order valence-electron chi connectivity index (χ0n) is 16.8. The lowest BCUT2D eigenvalue weighted by molar-refractivity contribution is -0.118. The number of aryl methyl sites for hydroxylation is 1. The van der Waals surface area contributed by atoms with Crippen LogP contribution in [0.25, 0.3) is 5.57 Å². The van der Waals surface area contributed by atoms with Gasteiger partial charge in [0.05, 0.1) is 18.3 Å². The van der Waals surface area contributed by atoms with Crippen molar-refractivity contribution in [2.45, 2.75) is 76.6 Å². The van der Waals surface area contributed by atoms with E-state index >= 15 is 0 Å². The van der Waals surface area contributed by atoms with Gasteiger partial charge in [0, 0.05) is 20.8 Å². The Labute approximate surface area is 159 Å². The Morgan fingerprint density at radius 1 is 1.19 bits per heavy atom. The number of rotatable bonds is 13. The van der Waals surface area contributed by atoms with Crippen LogP contribution in [0.15, 0.2) is 30.8 Å². The molecule has 26 heavy (non-hydrogen) atoms. The summed E-state index contributed by atoms with van der Waals surface area (Å²) in [5.74, 6) is 0. The van der Waals surface area contributed by atoms with E-state index in [1.165, 1.54) is 16.7 Å². The second-order valence-electron chi connectivity index (χ2n) is 7.44. The van der Waals surface area contributed by atoms with Crippen molar-refractivity contribution in [1.82, 2.24) is 0 Å². The monoisotopic (exact) mass is 360 g/mol. The summed E-state index contributed by atoms with van der Waals surface area (Å²) in [7, 11) is 3.55. The van der Waals surface area contributed by atoms with E-state index in [2.05, 4.69) is 37.8 Å². The number of hydrogen-bond acceptors (Lipinski definition) is 3. The maximum absolute atomic E-state index is 6.30. The maximum Gasteiger partial charge on any atom is 0.0628 e. The molecule has 3 heteroatoms. The molecule has 1 atom stereocenters. The summed E-state index contributed by atoms with van der Waals surface area (Å²) in [6.07, 6.45) is 9.65. The highest BCUT2D eigenvalue weighted by Crippen LogP contribution is 2.30. The fraction of sp³-hybridized carbons (Fsp3) is 0.652. The molecule has 1 unspecified atom stereocenters. The lowest BCUT2D eigenvalue weighted by Crippen LogP contribution is -2.39. The molecule has 0 saturated heterocycles. The van der Waals surface area contributed by atoms with E-state index in [1.54, 1.807) is 14.2 Å². The average molecular weight is 361 g/mol. The minimum atomic E-state index is 0.337. The van der Waals surface area contributed by atoms with Crippen molar-refractivity contribution in [1.29, 1.82) is 0 Å². The number of ether oxygens (including phenoxy) is 3. The Bertz CT molecular complexity index is 534. The third-order valence-electron chi connectivity index (χ3n) is 5.30. The summed E-state index contributed by atoms with van der Waals surface area (Å²) in [4.78, 5) is 0. The van der Waals surface area contributed by atoms with Gasteiger partial charge in [0.25, 0.3) is 0 Å². The predicted molar refractivity (Wildman–Crippen MR) is 109 cm³/mol. The van der Waals surface area contributed by atoms with Crippen LogP contribution in [0.4, 0.5) is 0 Å². The van der Waals surface area contributed by atoms with Crippen molar-refractivity contribution < 1.29 is 14.2 Å². The first-order valence-electron chi connectivity index (χ1n) is 10.1. The molecule has 2 rings (SSSR count). The van der Waals surface area contributed by atoms with Gasteiger partial charge in [-0.3, -0.25) is 0 Å². The first kappa shape index (κ1) is 21.1. The summed E-state index contributed by atoms with van der Waals surface area (Å²) >= 11 is 0. The van der Waals surface area contributed by atoms with Crippen LogP contribution in [-0.2, 0) is 20.6 Å². The van der Waals surface area contributed by atoms with Crippen LogP contribution in [0.3, 0.4) is 0 Å². The second-order valence-corrected chi connectivity index (χ2v) is 7.44. The van der Waals surface area contributed by atoms with Crippen LogP contribution in [-0.4, -0.2) is 39.1 Å². The number of allylic oxidation sites excluding steroid dienone is 1. The van der Waals surface area contributed by atoms with Gasteiger partial charge >= 0.3 is 0 Å². The third kappa shape index (κ3) is 6.86. The quantitative estimate of drug-likeness (QED) is 0.440. The molecular formula is C23H36O3. The van der Waals surface area contributed by atoms with Crippen molar-refractivity contribution in [2.75, 3.05) is 20.8 Å². The van der Waals surface area contributed by atoms with Gasteiger partial charge in [0.2, 0.25) is 0 Å². The molecule has 1 aromatic rings. The van der Waals surface area contributed by atoms with Gasteiger partial charge in [0.1, 0.15) is 0 Å². The summed E-state index contributed by atoms with van der Waals surface area (Å²) in [5, 5.41) is 0. The molecule has 0 N–H and O–H groups in total. The van der Waals surface area contributed by atoms with E-state index in [4.69, 9.17) is 14.2 Å². The van der Waals surface area contributed by atoms with E-state index in [9.17, 15) is 0 Å². The van der Waals surface area contributed by atoms with Gasteiger partial charge < -0.3 is 14.2 Å². The van der Waals surface area contributed by atoms with Crippen molar-refractivity contribution in [3.8, 4) is 0 Å². The van der Waals surface area contributed by atoms with Gasteiger partial charge in [-0.15, -0.1) is 0 Å². The Kier molecular flexibility index (Phi) is 9.38. The molecule has 0 heterocycles. The van der Waals surface area contributed by atoms with Gasteiger partial charge in [-0.05, 0) is 61.6 Å². The van der Waals surface area contributed by atoms with Gasteiger partial charge in [-0.25, -0.2) is 0 Å². The third-order valence-corrected chi connectivity index (χ3v) is 5.30. The van der Waals surface area contributed by atoms with E-state index in [1.807, 2.05) is 0 Å². The first-order valence-corrected chi connectivity index (χ1v) is 10.1. The zero-order chi connectivity index (χ0) is 18.8. The van der Waals surface area contributed by atoms with Crippen LogP contribution in [0.1, 0.15) is 63.0 Å². The highest BCUT2D eigenvalue weighted by molar-refractivity contribution is 5.63. The molecule has 0 bridgehead atoms. The lowest BCUT2D eigenvalue weighted by atomic mass is 9.91. The number of methoxy groups -OCH3 is 2. The molecule has 1 fully saturated rings. The lowest BCUT2D eigenvalue weighted by Gasteiger charge is -2.36. The maximum atomic E-state index is 6.30. The van der Waals surface area contributed by atoms with Crippen molar-refractivity contribution in [3.05, 3.63) is 42.0 Å². The molecule has 0 aliphatic heterocycles. The minimum absolute atomic E-state index is 0.337. The smallest absolute Gasteiger partial charge is 0.0628 e. The molecular weight excluding hydrogens is 324 g/mol. The number of benzene rings is 1. The Morgan fingerprint density at radius 2 is 2.00 bits per heavy atom. The Hall–Kier alpha value is -1.16. The van der Waals surface area contributed by atoms with Crippen molar-refractivity contribution >= 4 is 5.57 Å². The minimum Gasteiger partial charge on any atom is -0.385 e. The van der Waals surface area contributed by atoms with Crippen LogP contribution < -0.4 is 0 Å². The highest BCUT2D eigenvalue weighted by Gasteiger charge is 2.31. The largest absolute Gasteiger partial charge is 0.385 e. The SMILES string of the molecule is C=C(CCC(CCC)OC1CC(OC)C1)c1cccc(CCCOC)c1.